The van der Waals surface area contributed by atoms with Crippen molar-refractivity contribution in [1.82, 2.24) is 24.1 Å². The van der Waals surface area contributed by atoms with Crippen molar-refractivity contribution in [2.45, 2.75) is 44.6 Å². The lowest BCUT2D eigenvalue weighted by atomic mass is 9.88. The summed E-state index contributed by atoms with van der Waals surface area (Å²) in [6.07, 6.45) is 9.61. The molecule has 36 heavy (non-hydrogen) atoms. The van der Waals surface area contributed by atoms with Crippen LogP contribution in [-0.2, 0) is 13.5 Å². The van der Waals surface area contributed by atoms with Gasteiger partial charge >= 0.3 is 0 Å². The molecule has 182 valence electrons. The number of fused-ring (bicyclic) bond motifs is 2. The first-order valence-corrected chi connectivity index (χ1v) is 12.1. The summed E-state index contributed by atoms with van der Waals surface area (Å²) >= 11 is 0. The summed E-state index contributed by atoms with van der Waals surface area (Å²) in [4.78, 5) is 51.9. The Morgan fingerprint density at radius 3 is 2.64 bits per heavy atom. The third-order valence-electron chi connectivity index (χ3n) is 7.24. The maximum atomic E-state index is 13.4. The molecule has 4 heterocycles. The number of ketones is 1. The molecule has 0 spiro atoms. The van der Waals surface area contributed by atoms with Gasteiger partial charge in [-0.25, -0.2) is 15.0 Å². The molecule has 1 fully saturated rings. The number of nitrogen functional groups attached to an aromatic ring is 1. The number of nitrogens with zero attached hydrogens (tertiary/aromatic N) is 5. The van der Waals surface area contributed by atoms with E-state index < -0.39 is 5.91 Å². The number of hydrogen-bond acceptors (Lipinski definition) is 7. The lowest BCUT2D eigenvalue weighted by Crippen LogP contribution is -2.38. The number of carbonyl (C=O) groups is 2. The van der Waals surface area contributed by atoms with Gasteiger partial charge in [-0.05, 0) is 50.3 Å². The van der Waals surface area contributed by atoms with Crippen LogP contribution in [0.25, 0.3) is 22.2 Å². The van der Waals surface area contributed by atoms with Crippen molar-refractivity contribution in [2.75, 3.05) is 11.1 Å². The summed E-state index contributed by atoms with van der Waals surface area (Å²) in [7, 11) is 1.88. The molecule has 0 unspecified atom stereocenters. The average molecular weight is 484 g/mol. The summed E-state index contributed by atoms with van der Waals surface area (Å²) in [5, 5.41) is 3.46. The summed E-state index contributed by atoms with van der Waals surface area (Å²) in [5.41, 5.74) is 9.32. The molecule has 0 bridgehead atoms. The second-order valence-electron chi connectivity index (χ2n) is 9.45. The third-order valence-corrected chi connectivity index (χ3v) is 7.24. The number of amides is 1. The number of Topliss-reactive ketones (excluding diaryl/α,β-unsaturated/α-hetero) is 1. The lowest BCUT2D eigenvalue weighted by molar-refractivity contribution is 0.0968. The molecule has 0 saturated heterocycles. The number of hydrogen-bond donors (Lipinski definition) is 2. The molecule has 0 radical (unpaired) electrons. The van der Waals surface area contributed by atoms with E-state index in [0.29, 0.717) is 35.7 Å². The minimum atomic E-state index is -0.572. The minimum absolute atomic E-state index is 0.0146. The number of anilines is 2. The molecule has 0 aromatic carbocycles. The van der Waals surface area contributed by atoms with Crippen LogP contribution in [0.3, 0.4) is 0 Å². The highest BCUT2D eigenvalue weighted by Gasteiger charge is 2.31. The van der Waals surface area contributed by atoms with E-state index in [9.17, 15) is 14.4 Å². The molecule has 1 amide bonds. The molecule has 3 N–H and O–H groups in total. The Morgan fingerprint density at radius 1 is 1.08 bits per heavy atom. The van der Waals surface area contributed by atoms with Crippen LogP contribution < -0.4 is 16.6 Å². The van der Waals surface area contributed by atoms with Crippen LogP contribution in [0.4, 0.5) is 11.6 Å². The fourth-order valence-electron chi connectivity index (χ4n) is 5.18. The first kappa shape index (κ1) is 22.1. The van der Waals surface area contributed by atoms with Gasteiger partial charge < -0.3 is 20.2 Å². The van der Waals surface area contributed by atoms with Crippen LogP contribution in [0.2, 0.25) is 0 Å². The molecule has 10 heteroatoms. The zero-order chi connectivity index (χ0) is 25.0. The van der Waals surface area contributed by atoms with Gasteiger partial charge in [-0.1, -0.05) is 0 Å². The highest BCUT2D eigenvalue weighted by atomic mass is 16.2. The van der Waals surface area contributed by atoms with Crippen molar-refractivity contribution in [2.24, 2.45) is 7.05 Å². The quantitative estimate of drug-likeness (QED) is 0.454. The number of aromatic nitrogens is 5. The number of nitrogens with one attached hydrogen (secondary N) is 1. The van der Waals surface area contributed by atoms with Crippen LogP contribution in [0.1, 0.15) is 64.6 Å². The van der Waals surface area contributed by atoms with E-state index in [4.69, 9.17) is 5.73 Å². The van der Waals surface area contributed by atoms with E-state index in [1.807, 2.05) is 23.9 Å². The zero-order valence-electron chi connectivity index (χ0n) is 19.8. The SMILES string of the molecule is Cn1cc(-c2ccc(NC(=O)c3cc4c(n(C5CCC5)c3=O)CCCC4=O)nc2)c2c(N)ncnc21. The largest absolute Gasteiger partial charge is 0.383 e. The van der Waals surface area contributed by atoms with Crippen LogP contribution in [0, 0.1) is 0 Å². The van der Waals surface area contributed by atoms with Crippen LogP contribution in [-0.4, -0.2) is 35.8 Å². The summed E-state index contributed by atoms with van der Waals surface area (Å²) in [5.74, 6) is 0.0843. The van der Waals surface area contributed by atoms with E-state index in [2.05, 4.69) is 20.3 Å². The number of pyridine rings is 2. The Bertz CT molecular complexity index is 1600. The highest BCUT2D eigenvalue weighted by molar-refractivity contribution is 6.06. The van der Waals surface area contributed by atoms with Gasteiger partial charge in [0.2, 0.25) is 0 Å². The molecule has 2 aliphatic rings. The molecule has 4 aromatic heterocycles. The predicted octanol–water partition coefficient (Wildman–Crippen LogP) is 3.27. The summed E-state index contributed by atoms with van der Waals surface area (Å²) in [6, 6.07) is 5.00. The number of rotatable bonds is 4. The lowest BCUT2D eigenvalue weighted by Gasteiger charge is -2.32. The molecule has 0 aliphatic heterocycles. The Labute approximate surface area is 206 Å². The van der Waals surface area contributed by atoms with Gasteiger partial charge in [-0.2, -0.15) is 0 Å². The first-order chi connectivity index (χ1) is 17.4. The van der Waals surface area contributed by atoms with Crippen molar-refractivity contribution in [3.05, 3.63) is 64.1 Å². The van der Waals surface area contributed by atoms with Gasteiger partial charge in [0.1, 0.15) is 29.2 Å². The maximum Gasteiger partial charge on any atom is 0.263 e. The highest BCUT2D eigenvalue weighted by Crippen LogP contribution is 2.34. The molecule has 2 aliphatic carbocycles. The van der Waals surface area contributed by atoms with Crippen LogP contribution in [0.5, 0.6) is 0 Å². The summed E-state index contributed by atoms with van der Waals surface area (Å²) in [6.45, 7) is 0. The van der Waals surface area contributed by atoms with Gasteiger partial charge in [-0.3, -0.25) is 14.4 Å². The van der Waals surface area contributed by atoms with E-state index in [1.54, 1.807) is 16.8 Å². The van der Waals surface area contributed by atoms with E-state index in [1.165, 1.54) is 12.4 Å². The van der Waals surface area contributed by atoms with Crippen LogP contribution in [0.15, 0.2) is 41.7 Å². The molecular weight excluding hydrogens is 458 g/mol. The molecule has 1 saturated carbocycles. The monoisotopic (exact) mass is 483 g/mol. The topological polar surface area (TPSA) is 138 Å². The average Bonchev–Trinajstić information content (AvgIpc) is 3.18. The minimum Gasteiger partial charge on any atom is -0.383 e. The van der Waals surface area contributed by atoms with Crippen molar-refractivity contribution < 1.29 is 9.59 Å². The Balaban J connectivity index is 1.32. The Kier molecular flexibility index (Phi) is 5.17. The Hall–Kier alpha value is -4.34. The van der Waals surface area contributed by atoms with Gasteiger partial charge in [0, 0.05) is 54.3 Å². The van der Waals surface area contributed by atoms with Gasteiger partial charge in [0.05, 0.1) is 5.39 Å². The standard InChI is InChI=1S/C26H25N7O3/c1-32-12-18(22-23(27)29-13-30-24(22)32)14-8-9-21(28-11-14)31-25(35)17-10-16-19(6-3-7-20(16)34)33(26(17)36)15-4-2-5-15/h8-13,15H,2-7H2,1H3,(H2,27,29,30)(H,28,31,35). The van der Waals surface area contributed by atoms with Crippen molar-refractivity contribution in [3.8, 4) is 11.1 Å². The van der Waals surface area contributed by atoms with E-state index in [-0.39, 0.29) is 22.9 Å². The van der Waals surface area contributed by atoms with Crippen molar-refractivity contribution in [3.63, 3.8) is 0 Å². The van der Waals surface area contributed by atoms with Crippen molar-refractivity contribution in [1.29, 1.82) is 0 Å². The van der Waals surface area contributed by atoms with E-state index >= 15 is 0 Å². The van der Waals surface area contributed by atoms with Crippen molar-refractivity contribution >= 4 is 34.4 Å². The fourth-order valence-corrected chi connectivity index (χ4v) is 5.18. The second-order valence-corrected chi connectivity index (χ2v) is 9.45. The number of carbonyl (C=O) groups excluding carboxylic acids is 2. The van der Waals surface area contributed by atoms with Gasteiger partial charge in [-0.15, -0.1) is 0 Å². The number of aryl methyl sites for hydroxylation is 1. The van der Waals surface area contributed by atoms with Gasteiger partial charge in [0.25, 0.3) is 11.5 Å². The third kappa shape index (κ3) is 3.48. The van der Waals surface area contributed by atoms with Crippen LogP contribution >= 0.6 is 0 Å². The van der Waals surface area contributed by atoms with Gasteiger partial charge in [0.15, 0.2) is 5.78 Å². The smallest absolute Gasteiger partial charge is 0.263 e. The molecule has 4 aromatic rings. The fraction of sp³-hybridized carbons (Fsp3) is 0.308. The Morgan fingerprint density at radius 2 is 1.92 bits per heavy atom. The predicted molar refractivity (Wildman–Crippen MR) is 135 cm³/mol. The molecule has 6 rings (SSSR count). The molecule has 10 nitrogen and oxygen atoms in total. The van der Waals surface area contributed by atoms with E-state index in [0.717, 1.165) is 47.9 Å². The second kappa shape index (κ2) is 8.40. The summed E-state index contributed by atoms with van der Waals surface area (Å²) < 4.78 is 3.57. The zero-order valence-corrected chi connectivity index (χ0v) is 19.8. The molecular formula is C26H25N7O3. The number of nitrogens with two attached hydrogens (primary N) is 1. The maximum absolute atomic E-state index is 13.4. The first-order valence-electron chi connectivity index (χ1n) is 12.1. The molecule has 0 atom stereocenters. The normalized spacial score (nSPS) is 15.5.